The van der Waals surface area contributed by atoms with E-state index in [2.05, 4.69) is 11.8 Å². The zero-order valence-corrected chi connectivity index (χ0v) is 15.4. The summed E-state index contributed by atoms with van der Waals surface area (Å²) in [6, 6.07) is 7.86. The van der Waals surface area contributed by atoms with Gasteiger partial charge in [0.05, 0.1) is 18.5 Å². The van der Waals surface area contributed by atoms with Crippen LogP contribution in [0, 0.1) is 17.3 Å². The molecule has 0 amide bonds. The van der Waals surface area contributed by atoms with Gasteiger partial charge in [0.15, 0.2) is 0 Å². The number of carbonyl (C=O) groups excluding carboxylic acids is 1. The molecule has 26 heavy (non-hydrogen) atoms. The average molecular weight is 354 g/mol. The van der Waals surface area contributed by atoms with Crippen LogP contribution in [0.1, 0.15) is 38.2 Å². The van der Waals surface area contributed by atoms with Crippen LogP contribution in [-0.2, 0) is 15.1 Å². The molecule has 1 aliphatic carbocycles. The third-order valence-electron chi connectivity index (χ3n) is 7.32. The van der Waals surface area contributed by atoms with E-state index in [0.29, 0.717) is 24.0 Å². The van der Waals surface area contributed by atoms with E-state index in [1.807, 2.05) is 24.3 Å². The number of carbonyl (C=O) groups is 1. The number of rotatable bonds is 2. The smallest absolute Gasteiger partial charge is 0.319 e. The van der Waals surface area contributed by atoms with Crippen LogP contribution >= 0.6 is 0 Å². The van der Waals surface area contributed by atoms with Crippen molar-refractivity contribution in [2.24, 2.45) is 22.2 Å². The Morgan fingerprint density at radius 1 is 1.42 bits per heavy atom. The molecule has 5 heteroatoms. The number of hydrogen-bond donors (Lipinski definition) is 1. The Morgan fingerprint density at radius 2 is 2.23 bits per heavy atom. The first-order valence-electron chi connectivity index (χ1n) is 9.78. The van der Waals surface area contributed by atoms with Gasteiger partial charge in [-0.25, -0.2) is 0 Å². The summed E-state index contributed by atoms with van der Waals surface area (Å²) in [5.41, 5.74) is 0.295. The highest BCUT2D eigenvalue weighted by Gasteiger charge is 2.68. The van der Waals surface area contributed by atoms with E-state index < -0.39 is 11.0 Å². The lowest BCUT2D eigenvalue weighted by atomic mass is 9.54. The number of piperidine rings is 2. The molecule has 6 rings (SSSR count). The number of esters is 1. The molecule has 1 unspecified atom stereocenters. The third-order valence-corrected chi connectivity index (χ3v) is 7.32. The van der Waals surface area contributed by atoms with Gasteiger partial charge >= 0.3 is 5.97 Å². The number of methoxy groups -OCH3 is 1. The van der Waals surface area contributed by atoms with Gasteiger partial charge in [-0.2, -0.15) is 0 Å². The topological polar surface area (TPSA) is 62.1 Å². The summed E-state index contributed by atoms with van der Waals surface area (Å²) in [4.78, 5) is 20.6. The van der Waals surface area contributed by atoms with Gasteiger partial charge in [-0.15, -0.1) is 0 Å². The molecule has 4 heterocycles. The molecule has 1 N–H and O–H groups in total. The highest BCUT2D eigenvalue weighted by Crippen LogP contribution is 2.59. The molecule has 0 spiro atoms. The normalized spacial score (nSPS) is 42.5. The first-order valence-corrected chi connectivity index (χ1v) is 9.78. The zero-order chi connectivity index (χ0) is 18.1. The van der Waals surface area contributed by atoms with Crippen molar-refractivity contribution in [2.75, 3.05) is 20.2 Å². The Labute approximate surface area is 154 Å². The Hall–Kier alpha value is -1.72. The Kier molecular flexibility index (Phi) is 3.41. The Bertz CT molecular complexity index is 806. The number of aliphatic imine (C=N–C) groups is 1. The predicted molar refractivity (Wildman–Crippen MR) is 98.4 cm³/mol. The van der Waals surface area contributed by atoms with Crippen LogP contribution < -0.4 is 0 Å². The van der Waals surface area contributed by atoms with Crippen LogP contribution in [0.15, 0.2) is 29.3 Å². The molecule has 4 bridgehead atoms. The quantitative estimate of drug-likeness (QED) is 0.830. The molecule has 5 nitrogen and oxygen atoms in total. The van der Waals surface area contributed by atoms with Gasteiger partial charge < -0.3 is 9.84 Å². The van der Waals surface area contributed by atoms with Crippen LogP contribution in [0.4, 0.5) is 5.69 Å². The maximum Gasteiger partial charge on any atom is 0.319 e. The first kappa shape index (κ1) is 16.5. The van der Waals surface area contributed by atoms with E-state index in [9.17, 15) is 9.90 Å². The highest BCUT2D eigenvalue weighted by atomic mass is 16.5. The van der Waals surface area contributed by atoms with Gasteiger partial charge in [0, 0.05) is 24.7 Å². The maximum atomic E-state index is 13.3. The lowest BCUT2D eigenvalue weighted by molar-refractivity contribution is -0.164. The number of benzene rings is 1. The molecule has 6 atom stereocenters. The fourth-order valence-electron chi connectivity index (χ4n) is 6.44. The summed E-state index contributed by atoms with van der Waals surface area (Å²) >= 11 is 0. The molecule has 1 aromatic carbocycles. The largest absolute Gasteiger partial charge is 0.468 e. The van der Waals surface area contributed by atoms with Crippen molar-refractivity contribution in [3.63, 3.8) is 0 Å². The molecule has 0 radical (unpaired) electrons. The van der Waals surface area contributed by atoms with E-state index in [4.69, 9.17) is 9.73 Å². The number of hydrogen-bond acceptors (Lipinski definition) is 5. The van der Waals surface area contributed by atoms with E-state index in [1.165, 1.54) is 7.11 Å². The zero-order valence-electron chi connectivity index (χ0n) is 15.4. The summed E-state index contributed by atoms with van der Waals surface area (Å²) in [7, 11) is 1.47. The van der Waals surface area contributed by atoms with Crippen molar-refractivity contribution in [3.05, 3.63) is 29.8 Å². The molecule has 1 saturated carbocycles. The number of aliphatic hydroxyl groups is 1. The van der Waals surface area contributed by atoms with E-state index in [-0.39, 0.29) is 12.0 Å². The van der Waals surface area contributed by atoms with E-state index in [1.54, 1.807) is 0 Å². The molecule has 3 saturated heterocycles. The molecule has 1 aromatic rings. The van der Waals surface area contributed by atoms with Crippen molar-refractivity contribution >= 4 is 17.4 Å². The number of ether oxygens (including phenoxy) is 1. The molecular weight excluding hydrogens is 328 g/mol. The molecule has 4 aliphatic heterocycles. The lowest BCUT2D eigenvalue weighted by Crippen LogP contribution is -2.68. The summed E-state index contributed by atoms with van der Waals surface area (Å²) in [6.07, 6.45) is 3.53. The number of para-hydroxylation sites is 1. The minimum Gasteiger partial charge on any atom is -0.468 e. The van der Waals surface area contributed by atoms with Crippen LogP contribution in [0.2, 0.25) is 0 Å². The predicted octanol–water partition coefficient (Wildman–Crippen LogP) is 2.64. The van der Waals surface area contributed by atoms with Crippen LogP contribution in [0.3, 0.4) is 0 Å². The standard InChI is InChI=1S/C21H26N2O3/c1-3-14-10-13-11-20(19(24)26-2)17(14)23(12-13)9-8-21(25)15-6-4-5-7-16(15)22-18(20)21/h4-7,13-14,17,25H,3,8-12H2,1-2H3/t13-,14+,17+,20+,21+/m0/s1. The molecule has 4 fully saturated rings. The SMILES string of the molecule is CC[C@@H]1C[C@@H]2CN3CC[C@]4(O)C(=Nc5ccccc54)[C@@](C(=O)OC)(C2)[C@@H]13. The van der Waals surface area contributed by atoms with Crippen molar-refractivity contribution in [2.45, 2.75) is 44.2 Å². The van der Waals surface area contributed by atoms with E-state index in [0.717, 1.165) is 43.6 Å². The minimum atomic E-state index is -1.16. The molecular formula is C21H26N2O3. The summed E-state index contributed by atoms with van der Waals surface area (Å²) in [5.74, 6) is 0.676. The van der Waals surface area contributed by atoms with Crippen LogP contribution in [0.5, 0.6) is 0 Å². The van der Waals surface area contributed by atoms with Crippen molar-refractivity contribution in [1.29, 1.82) is 0 Å². The van der Waals surface area contributed by atoms with Gasteiger partial charge in [0.1, 0.15) is 11.0 Å². The monoisotopic (exact) mass is 354 g/mol. The van der Waals surface area contributed by atoms with Crippen molar-refractivity contribution in [1.82, 2.24) is 4.90 Å². The Balaban J connectivity index is 1.77. The van der Waals surface area contributed by atoms with Gasteiger partial charge in [0.2, 0.25) is 0 Å². The van der Waals surface area contributed by atoms with Crippen LogP contribution in [0.25, 0.3) is 0 Å². The van der Waals surface area contributed by atoms with Crippen LogP contribution in [-0.4, -0.2) is 47.9 Å². The summed E-state index contributed by atoms with van der Waals surface area (Å²) in [6.45, 7) is 4.02. The van der Waals surface area contributed by atoms with E-state index >= 15 is 0 Å². The van der Waals surface area contributed by atoms with Crippen molar-refractivity contribution in [3.8, 4) is 0 Å². The lowest BCUT2D eigenvalue weighted by Gasteiger charge is -2.58. The van der Waals surface area contributed by atoms with Crippen molar-refractivity contribution < 1.29 is 14.6 Å². The average Bonchev–Trinajstić information content (AvgIpc) is 2.95. The fraction of sp³-hybridized carbons (Fsp3) is 0.619. The molecule has 0 aromatic heterocycles. The van der Waals surface area contributed by atoms with Gasteiger partial charge in [-0.3, -0.25) is 14.7 Å². The molecule has 138 valence electrons. The molecule has 5 aliphatic rings. The third kappa shape index (κ3) is 1.83. The van der Waals surface area contributed by atoms with Gasteiger partial charge in [0.25, 0.3) is 0 Å². The first-order chi connectivity index (χ1) is 12.5. The minimum absolute atomic E-state index is 0.0760. The van der Waals surface area contributed by atoms with Gasteiger partial charge in [-0.05, 0) is 37.2 Å². The second kappa shape index (κ2) is 5.40. The second-order valence-electron chi connectivity index (χ2n) is 8.46. The maximum absolute atomic E-state index is 13.3. The number of fused-ring (bicyclic) bond motifs is 4. The highest BCUT2D eigenvalue weighted by molar-refractivity contribution is 6.15. The number of nitrogens with zero attached hydrogens (tertiary/aromatic N) is 2. The van der Waals surface area contributed by atoms with Gasteiger partial charge in [-0.1, -0.05) is 31.5 Å². The Morgan fingerprint density at radius 3 is 3.00 bits per heavy atom. The second-order valence-corrected chi connectivity index (χ2v) is 8.46. The summed E-state index contributed by atoms with van der Waals surface area (Å²) in [5, 5.41) is 11.8. The summed E-state index contributed by atoms with van der Waals surface area (Å²) < 4.78 is 5.36. The fourth-order valence-corrected chi connectivity index (χ4v) is 6.44.